The number of hydrogen-bond donors (Lipinski definition) is 2. The van der Waals surface area contributed by atoms with Crippen LogP contribution in [0.2, 0.25) is 0 Å². The Morgan fingerprint density at radius 3 is 2.67 bits per heavy atom. The molecule has 0 atom stereocenters. The minimum atomic E-state index is -0.361. The highest BCUT2D eigenvalue weighted by Gasteiger charge is 2.16. The third-order valence-electron chi connectivity index (χ3n) is 2.95. The van der Waals surface area contributed by atoms with Gasteiger partial charge in [0.2, 0.25) is 17.7 Å². The van der Waals surface area contributed by atoms with Gasteiger partial charge in [-0.25, -0.2) is 0 Å². The molecule has 6 nitrogen and oxygen atoms in total. The van der Waals surface area contributed by atoms with E-state index in [1.54, 1.807) is 13.0 Å². The van der Waals surface area contributed by atoms with E-state index in [4.69, 9.17) is 10.2 Å². The molecule has 6 heteroatoms. The molecular formula is C15H20N4O2. The number of aryl methyl sites for hydroxylation is 1. The summed E-state index contributed by atoms with van der Waals surface area (Å²) in [6.45, 7) is 5.52. The first-order valence-corrected chi connectivity index (χ1v) is 6.83. The Labute approximate surface area is 123 Å². The van der Waals surface area contributed by atoms with E-state index < -0.39 is 0 Å². The summed E-state index contributed by atoms with van der Waals surface area (Å²) in [7, 11) is 0. The Morgan fingerprint density at radius 2 is 2.05 bits per heavy atom. The predicted molar refractivity (Wildman–Crippen MR) is 80.6 cm³/mol. The van der Waals surface area contributed by atoms with Crippen molar-refractivity contribution in [2.75, 3.05) is 5.32 Å². The van der Waals surface area contributed by atoms with Gasteiger partial charge in [0.05, 0.1) is 11.3 Å². The number of para-hydroxylation sites is 1. The van der Waals surface area contributed by atoms with Crippen LogP contribution in [-0.4, -0.2) is 21.6 Å². The number of hydrogen-bond acceptors (Lipinski definition) is 5. The van der Waals surface area contributed by atoms with Crippen molar-refractivity contribution in [3.8, 4) is 11.5 Å². The maximum Gasteiger partial charge on any atom is 0.249 e. The zero-order valence-corrected chi connectivity index (χ0v) is 12.5. The topological polar surface area (TPSA) is 94.0 Å². The average molecular weight is 288 g/mol. The van der Waals surface area contributed by atoms with Crippen LogP contribution in [0, 0.1) is 6.92 Å². The molecule has 0 aliphatic heterocycles. The number of aromatic nitrogens is 2. The van der Waals surface area contributed by atoms with Crippen LogP contribution in [0.15, 0.2) is 28.7 Å². The number of nitrogens with two attached hydrogens (primary N) is 1. The first kappa shape index (κ1) is 15.2. The van der Waals surface area contributed by atoms with E-state index in [2.05, 4.69) is 15.5 Å². The Bertz CT molecular complexity index is 629. The molecule has 0 unspecified atom stereocenters. The zero-order chi connectivity index (χ0) is 15.5. The molecule has 1 aromatic carbocycles. The highest BCUT2D eigenvalue weighted by atomic mass is 16.4. The molecule has 0 aliphatic rings. The summed E-state index contributed by atoms with van der Waals surface area (Å²) in [6, 6.07) is 7.33. The molecule has 0 saturated heterocycles. The van der Waals surface area contributed by atoms with Gasteiger partial charge in [0, 0.05) is 18.9 Å². The van der Waals surface area contributed by atoms with Gasteiger partial charge < -0.3 is 15.5 Å². The fourth-order valence-electron chi connectivity index (χ4n) is 1.83. The number of rotatable bonds is 5. The molecule has 3 N–H and O–H groups in total. The summed E-state index contributed by atoms with van der Waals surface area (Å²) in [5.41, 5.74) is 6.89. The molecule has 21 heavy (non-hydrogen) atoms. The number of nitrogens with zero attached hydrogens (tertiary/aromatic N) is 2. The number of carbonyl (C=O) groups excluding carboxylic acids is 1. The van der Waals surface area contributed by atoms with Gasteiger partial charge >= 0.3 is 0 Å². The van der Waals surface area contributed by atoms with E-state index in [0.29, 0.717) is 35.9 Å². The SMILES string of the molecule is Cc1nnc(-c2ccccc2NC(=O)CCC(C)(C)N)o1. The molecule has 2 aromatic rings. The molecule has 1 heterocycles. The Hall–Kier alpha value is -2.21. The zero-order valence-electron chi connectivity index (χ0n) is 12.5. The normalized spacial score (nSPS) is 11.4. The van der Waals surface area contributed by atoms with E-state index in [1.165, 1.54) is 0 Å². The molecule has 0 aliphatic carbocycles. The van der Waals surface area contributed by atoms with Crippen LogP contribution < -0.4 is 11.1 Å². The average Bonchev–Trinajstić information content (AvgIpc) is 2.83. The van der Waals surface area contributed by atoms with Crippen molar-refractivity contribution in [1.82, 2.24) is 10.2 Å². The summed E-state index contributed by atoms with van der Waals surface area (Å²) in [5.74, 6) is 0.788. The van der Waals surface area contributed by atoms with E-state index in [-0.39, 0.29) is 11.4 Å². The van der Waals surface area contributed by atoms with Crippen LogP contribution in [0.5, 0.6) is 0 Å². The summed E-state index contributed by atoms with van der Waals surface area (Å²) in [6.07, 6.45) is 0.974. The molecule has 2 rings (SSSR count). The van der Waals surface area contributed by atoms with Gasteiger partial charge in [0.25, 0.3) is 0 Å². The summed E-state index contributed by atoms with van der Waals surface area (Å²) in [5, 5.41) is 10.7. The van der Waals surface area contributed by atoms with Crippen LogP contribution in [0.25, 0.3) is 11.5 Å². The molecule has 0 bridgehead atoms. The lowest BCUT2D eigenvalue weighted by atomic mass is 10.00. The highest BCUT2D eigenvalue weighted by Crippen LogP contribution is 2.26. The van der Waals surface area contributed by atoms with Crippen LogP contribution in [0.1, 0.15) is 32.6 Å². The van der Waals surface area contributed by atoms with Crippen molar-refractivity contribution in [2.45, 2.75) is 39.2 Å². The summed E-state index contributed by atoms with van der Waals surface area (Å²) < 4.78 is 5.41. The minimum Gasteiger partial charge on any atom is -0.421 e. The predicted octanol–water partition coefficient (Wildman–Crippen LogP) is 2.50. The number of benzene rings is 1. The first-order valence-electron chi connectivity index (χ1n) is 6.83. The molecule has 112 valence electrons. The molecule has 0 saturated carbocycles. The molecule has 1 amide bonds. The van der Waals surface area contributed by atoms with Crippen LogP contribution in [0.3, 0.4) is 0 Å². The molecule has 1 aromatic heterocycles. The number of carbonyl (C=O) groups is 1. The van der Waals surface area contributed by atoms with Crippen molar-refractivity contribution in [1.29, 1.82) is 0 Å². The Kier molecular flexibility index (Phi) is 4.37. The second-order valence-electron chi connectivity index (χ2n) is 5.71. The fourth-order valence-corrected chi connectivity index (χ4v) is 1.83. The van der Waals surface area contributed by atoms with E-state index in [0.717, 1.165) is 0 Å². The third kappa shape index (κ3) is 4.39. The van der Waals surface area contributed by atoms with Crippen LogP contribution >= 0.6 is 0 Å². The van der Waals surface area contributed by atoms with E-state index >= 15 is 0 Å². The van der Waals surface area contributed by atoms with Gasteiger partial charge in [-0.15, -0.1) is 10.2 Å². The third-order valence-corrected chi connectivity index (χ3v) is 2.95. The standard InChI is InChI=1S/C15H20N4O2/c1-10-18-19-14(21-10)11-6-4-5-7-12(11)17-13(20)8-9-15(2,3)16/h4-7H,8-9,16H2,1-3H3,(H,17,20). The quantitative estimate of drug-likeness (QED) is 0.881. The van der Waals surface area contributed by atoms with Crippen molar-refractivity contribution in [3.63, 3.8) is 0 Å². The lowest BCUT2D eigenvalue weighted by molar-refractivity contribution is -0.116. The Morgan fingerprint density at radius 1 is 1.33 bits per heavy atom. The second kappa shape index (κ2) is 6.05. The van der Waals surface area contributed by atoms with Gasteiger partial charge in [-0.05, 0) is 32.4 Å². The summed E-state index contributed by atoms with van der Waals surface area (Å²) >= 11 is 0. The summed E-state index contributed by atoms with van der Waals surface area (Å²) in [4.78, 5) is 12.0. The van der Waals surface area contributed by atoms with Crippen molar-refractivity contribution >= 4 is 11.6 Å². The molecular weight excluding hydrogens is 268 g/mol. The second-order valence-corrected chi connectivity index (χ2v) is 5.71. The van der Waals surface area contributed by atoms with Crippen molar-refractivity contribution in [3.05, 3.63) is 30.2 Å². The highest BCUT2D eigenvalue weighted by molar-refractivity contribution is 5.94. The number of amides is 1. The van der Waals surface area contributed by atoms with Gasteiger partial charge in [0.1, 0.15) is 0 Å². The molecule has 0 fully saturated rings. The first-order chi connectivity index (χ1) is 9.85. The number of anilines is 1. The monoisotopic (exact) mass is 288 g/mol. The minimum absolute atomic E-state index is 0.0859. The van der Waals surface area contributed by atoms with Crippen LogP contribution in [-0.2, 0) is 4.79 Å². The Balaban J connectivity index is 2.12. The van der Waals surface area contributed by atoms with Gasteiger partial charge in [-0.2, -0.15) is 0 Å². The van der Waals surface area contributed by atoms with Gasteiger partial charge in [-0.3, -0.25) is 4.79 Å². The van der Waals surface area contributed by atoms with Crippen molar-refractivity contribution < 1.29 is 9.21 Å². The maximum absolute atomic E-state index is 12.0. The van der Waals surface area contributed by atoms with Crippen molar-refractivity contribution in [2.24, 2.45) is 5.73 Å². The number of nitrogens with one attached hydrogen (secondary N) is 1. The van der Waals surface area contributed by atoms with Gasteiger partial charge in [-0.1, -0.05) is 12.1 Å². The fraction of sp³-hybridized carbons (Fsp3) is 0.400. The van der Waals surface area contributed by atoms with Crippen LogP contribution in [0.4, 0.5) is 5.69 Å². The lowest BCUT2D eigenvalue weighted by Gasteiger charge is -2.17. The van der Waals surface area contributed by atoms with E-state index in [1.807, 2.05) is 32.0 Å². The smallest absolute Gasteiger partial charge is 0.249 e. The molecule has 0 radical (unpaired) electrons. The van der Waals surface area contributed by atoms with E-state index in [9.17, 15) is 4.79 Å². The molecule has 0 spiro atoms. The lowest BCUT2D eigenvalue weighted by Crippen LogP contribution is -2.33. The maximum atomic E-state index is 12.0. The van der Waals surface area contributed by atoms with Gasteiger partial charge in [0.15, 0.2) is 0 Å². The largest absolute Gasteiger partial charge is 0.421 e.